The smallest absolute Gasteiger partial charge is 0.340 e. The van der Waals surface area contributed by atoms with E-state index in [-0.39, 0.29) is 6.42 Å². The van der Waals surface area contributed by atoms with E-state index >= 15 is 0 Å². The van der Waals surface area contributed by atoms with Crippen LogP contribution in [0.15, 0.2) is 42.3 Å². The largest absolute Gasteiger partial charge is 0.479 e. The number of hydrogen-bond donors (Lipinski definition) is 3. The fourth-order valence-electron chi connectivity index (χ4n) is 1.37. The molecule has 0 bridgehead atoms. The number of aliphatic carboxylic acids is 1. The maximum absolute atomic E-state index is 11.3. The second-order valence-corrected chi connectivity index (χ2v) is 5.38. The zero-order valence-electron chi connectivity index (χ0n) is 9.54. The van der Waals surface area contributed by atoms with Gasteiger partial charge in [-0.2, -0.15) is 4.72 Å². The molecule has 0 fully saturated rings. The monoisotopic (exact) mass is 270 g/mol. The van der Waals surface area contributed by atoms with Gasteiger partial charge in [-0.25, -0.2) is 13.2 Å². The van der Waals surface area contributed by atoms with Gasteiger partial charge in [-0.15, -0.1) is 0 Å². The minimum atomic E-state index is -3.93. The molecule has 0 spiro atoms. The minimum absolute atomic E-state index is 0.170. The number of carboxylic acid groups (broad SMARTS) is 1. The number of carboxylic acids is 1. The summed E-state index contributed by atoms with van der Waals surface area (Å²) in [6.45, 7) is 3.08. The van der Waals surface area contributed by atoms with Crippen molar-refractivity contribution in [2.24, 2.45) is 5.73 Å². The molecule has 0 saturated carbocycles. The van der Waals surface area contributed by atoms with Crippen molar-refractivity contribution in [1.29, 1.82) is 0 Å². The van der Waals surface area contributed by atoms with Crippen LogP contribution in [0.4, 0.5) is 0 Å². The van der Waals surface area contributed by atoms with Crippen LogP contribution in [0.3, 0.4) is 0 Å². The lowest BCUT2D eigenvalue weighted by atomic mass is 10.0. The van der Waals surface area contributed by atoms with E-state index in [0.717, 1.165) is 0 Å². The fraction of sp³-hybridized carbons (Fsp3) is 0.182. The molecule has 0 radical (unpaired) electrons. The molecular formula is C11H14N2O4S. The molecule has 1 atom stereocenters. The lowest BCUT2D eigenvalue weighted by Gasteiger charge is -2.25. The first-order chi connectivity index (χ1) is 8.29. The van der Waals surface area contributed by atoms with Crippen LogP contribution in [0.1, 0.15) is 5.56 Å². The van der Waals surface area contributed by atoms with E-state index in [1.807, 2.05) is 4.72 Å². The molecule has 0 unspecified atom stereocenters. The molecule has 0 amide bonds. The number of hydrogen-bond acceptors (Lipinski definition) is 4. The zero-order chi connectivity index (χ0) is 13.8. The molecule has 0 aliphatic rings. The zero-order valence-corrected chi connectivity index (χ0v) is 10.4. The first-order valence-corrected chi connectivity index (χ1v) is 6.56. The van der Waals surface area contributed by atoms with Crippen LogP contribution in [-0.2, 0) is 21.2 Å². The van der Waals surface area contributed by atoms with Gasteiger partial charge in [0.25, 0.3) is 0 Å². The normalized spacial score (nSPS) is 14.7. The van der Waals surface area contributed by atoms with Crippen molar-refractivity contribution >= 4 is 16.0 Å². The van der Waals surface area contributed by atoms with Gasteiger partial charge in [-0.1, -0.05) is 36.9 Å². The number of carbonyl (C=O) groups is 1. The van der Waals surface area contributed by atoms with Crippen LogP contribution >= 0.6 is 0 Å². The Morgan fingerprint density at radius 1 is 1.44 bits per heavy atom. The Kier molecular flexibility index (Phi) is 4.23. The number of sulfonamides is 1. The Morgan fingerprint density at radius 2 is 2.00 bits per heavy atom. The van der Waals surface area contributed by atoms with Gasteiger partial charge >= 0.3 is 5.97 Å². The third kappa shape index (κ3) is 3.66. The number of nitrogens with one attached hydrogen (secondary N) is 1. The predicted molar refractivity (Wildman–Crippen MR) is 67.0 cm³/mol. The van der Waals surface area contributed by atoms with Crippen molar-refractivity contribution in [2.45, 2.75) is 12.1 Å². The third-order valence-electron chi connectivity index (χ3n) is 2.25. The van der Waals surface area contributed by atoms with Crippen LogP contribution in [0.5, 0.6) is 0 Å². The highest BCUT2D eigenvalue weighted by Crippen LogP contribution is 2.10. The van der Waals surface area contributed by atoms with Crippen LogP contribution in [0.25, 0.3) is 0 Å². The Balaban J connectivity index is 3.02. The van der Waals surface area contributed by atoms with Gasteiger partial charge in [0.1, 0.15) is 0 Å². The van der Waals surface area contributed by atoms with Gasteiger partial charge in [0.15, 0.2) is 5.66 Å². The quantitative estimate of drug-likeness (QED) is 0.632. The Bertz CT molecular complexity index is 541. The minimum Gasteiger partial charge on any atom is -0.479 e. The first-order valence-electron chi connectivity index (χ1n) is 5.02. The number of nitrogens with two attached hydrogens (primary N) is 1. The van der Waals surface area contributed by atoms with E-state index in [2.05, 4.69) is 6.58 Å². The first kappa shape index (κ1) is 14.4. The summed E-state index contributed by atoms with van der Waals surface area (Å²) >= 11 is 0. The van der Waals surface area contributed by atoms with E-state index < -0.39 is 21.7 Å². The van der Waals surface area contributed by atoms with E-state index in [4.69, 9.17) is 10.8 Å². The highest BCUT2D eigenvalue weighted by Gasteiger charge is 2.37. The van der Waals surface area contributed by atoms with Gasteiger partial charge in [0.05, 0.1) is 0 Å². The summed E-state index contributed by atoms with van der Waals surface area (Å²) < 4.78 is 24.6. The Morgan fingerprint density at radius 3 is 2.44 bits per heavy atom. The molecule has 18 heavy (non-hydrogen) atoms. The molecule has 0 aromatic heterocycles. The third-order valence-corrected chi connectivity index (χ3v) is 3.34. The summed E-state index contributed by atoms with van der Waals surface area (Å²) in [5, 5.41) is 9.68. The topological polar surface area (TPSA) is 109 Å². The van der Waals surface area contributed by atoms with Gasteiger partial charge in [-0.3, -0.25) is 0 Å². The molecule has 1 aromatic carbocycles. The SMILES string of the molecule is C=CS(=O)(=O)N[C@](N)(Cc1ccccc1)C(=O)O. The number of benzene rings is 1. The lowest BCUT2D eigenvalue weighted by molar-refractivity contribution is -0.143. The molecule has 6 nitrogen and oxygen atoms in total. The van der Waals surface area contributed by atoms with Crippen molar-refractivity contribution in [1.82, 2.24) is 4.72 Å². The average Bonchev–Trinajstić information content (AvgIpc) is 2.29. The second kappa shape index (κ2) is 5.30. The average molecular weight is 270 g/mol. The summed E-state index contributed by atoms with van der Waals surface area (Å²) in [5.74, 6) is -1.46. The predicted octanol–water partition coefficient (Wildman–Crippen LogP) is 0.0316. The molecule has 1 aromatic rings. The lowest BCUT2D eigenvalue weighted by Crippen LogP contribution is -2.62. The van der Waals surface area contributed by atoms with Crippen molar-refractivity contribution in [3.05, 3.63) is 47.9 Å². The van der Waals surface area contributed by atoms with E-state index in [0.29, 0.717) is 11.0 Å². The van der Waals surface area contributed by atoms with Gasteiger partial charge < -0.3 is 10.8 Å². The van der Waals surface area contributed by atoms with E-state index in [1.165, 1.54) is 0 Å². The summed E-state index contributed by atoms with van der Waals surface area (Å²) in [6.07, 6.45) is -0.170. The van der Waals surface area contributed by atoms with E-state index in [1.54, 1.807) is 30.3 Å². The number of rotatable bonds is 6. The summed E-state index contributed by atoms with van der Waals surface area (Å²) in [7, 11) is -3.93. The molecule has 7 heteroatoms. The molecule has 1 rings (SSSR count). The second-order valence-electron chi connectivity index (χ2n) is 3.75. The van der Waals surface area contributed by atoms with Crippen molar-refractivity contribution < 1.29 is 18.3 Å². The van der Waals surface area contributed by atoms with Gasteiger partial charge in [0.2, 0.25) is 10.0 Å². The van der Waals surface area contributed by atoms with Crippen molar-refractivity contribution in [2.75, 3.05) is 0 Å². The summed E-state index contributed by atoms with van der Waals surface area (Å²) in [4.78, 5) is 11.1. The fourth-order valence-corrected chi connectivity index (χ4v) is 2.12. The summed E-state index contributed by atoms with van der Waals surface area (Å²) in [6, 6.07) is 8.50. The van der Waals surface area contributed by atoms with Crippen LogP contribution in [-0.4, -0.2) is 25.2 Å². The molecule has 0 saturated heterocycles. The maximum atomic E-state index is 11.3. The highest BCUT2D eigenvalue weighted by molar-refractivity contribution is 7.92. The van der Waals surface area contributed by atoms with Gasteiger partial charge in [-0.05, 0) is 5.56 Å². The van der Waals surface area contributed by atoms with Crippen molar-refractivity contribution in [3.8, 4) is 0 Å². The van der Waals surface area contributed by atoms with E-state index in [9.17, 15) is 13.2 Å². The molecule has 98 valence electrons. The van der Waals surface area contributed by atoms with Crippen LogP contribution in [0.2, 0.25) is 0 Å². The van der Waals surface area contributed by atoms with Gasteiger partial charge in [0, 0.05) is 11.8 Å². The Hall–Kier alpha value is -1.70. The van der Waals surface area contributed by atoms with Crippen LogP contribution in [0, 0.1) is 0 Å². The summed E-state index contributed by atoms with van der Waals surface area (Å²) in [5.41, 5.74) is 4.10. The maximum Gasteiger partial charge on any atom is 0.340 e. The molecule has 4 N–H and O–H groups in total. The highest BCUT2D eigenvalue weighted by atomic mass is 32.2. The molecule has 0 heterocycles. The Labute approximate surface area is 105 Å². The van der Waals surface area contributed by atoms with Crippen LogP contribution < -0.4 is 10.5 Å². The molecule has 0 aliphatic heterocycles. The molecular weight excluding hydrogens is 256 g/mol. The molecule has 0 aliphatic carbocycles. The standard InChI is InChI=1S/C11H14N2O4S/c1-2-18(16,17)13-11(12,10(14)15)8-9-6-4-3-5-7-9/h2-7,13H,1,8,12H2,(H,14,15)/t11-/m1/s1. The van der Waals surface area contributed by atoms with Crippen molar-refractivity contribution in [3.63, 3.8) is 0 Å².